The van der Waals surface area contributed by atoms with Crippen LogP contribution in [-0.2, 0) is 0 Å². The van der Waals surface area contributed by atoms with Crippen LogP contribution in [-0.4, -0.2) is 23.3 Å². The molecule has 0 spiro atoms. The van der Waals surface area contributed by atoms with Crippen LogP contribution in [0.5, 0.6) is 5.75 Å². The maximum atomic E-state index is 10.8. The standard InChI is InChI=1S/C12H11NO4/c1-7-6-13-17-11(7)9-4-3-8(12(14)15)5-10(9)16-2/h3-6H,1-2H3,(H,14,15). The highest BCUT2D eigenvalue weighted by Crippen LogP contribution is 2.32. The Kier molecular flexibility index (Phi) is 2.82. The van der Waals surface area contributed by atoms with E-state index in [0.29, 0.717) is 17.1 Å². The number of benzene rings is 1. The zero-order valence-corrected chi connectivity index (χ0v) is 9.43. The first-order valence-corrected chi connectivity index (χ1v) is 4.96. The first-order chi connectivity index (χ1) is 8.13. The lowest BCUT2D eigenvalue weighted by atomic mass is 10.1. The predicted molar refractivity (Wildman–Crippen MR) is 60.2 cm³/mol. The van der Waals surface area contributed by atoms with Gasteiger partial charge in [0.05, 0.1) is 24.4 Å². The monoisotopic (exact) mass is 233 g/mol. The third-order valence-corrected chi connectivity index (χ3v) is 2.44. The molecule has 0 amide bonds. The Balaban J connectivity index is 2.56. The van der Waals surface area contributed by atoms with Crippen molar-refractivity contribution >= 4 is 5.97 Å². The van der Waals surface area contributed by atoms with Crippen LogP contribution in [0.15, 0.2) is 28.9 Å². The first-order valence-electron chi connectivity index (χ1n) is 4.96. The van der Waals surface area contributed by atoms with Crippen molar-refractivity contribution < 1.29 is 19.2 Å². The predicted octanol–water partition coefficient (Wildman–Crippen LogP) is 2.36. The number of carbonyl (C=O) groups is 1. The molecule has 0 saturated carbocycles. The fourth-order valence-electron chi connectivity index (χ4n) is 1.56. The van der Waals surface area contributed by atoms with Crippen molar-refractivity contribution in [3.05, 3.63) is 35.5 Å². The summed E-state index contributed by atoms with van der Waals surface area (Å²) in [7, 11) is 1.48. The fraction of sp³-hybridized carbons (Fsp3) is 0.167. The van der Waals surface area contributed by atoms with Gasteiger partial charge in [-0.3, -0.25) is 0 Å². The summed E-state index contributed by atoms with van der Waals surface area (Å²) in [6, 6.07) is 4.61. The van der Waals surface area contributed by atoms with E-state index in [4.69, 9.17) is 14.4 Å². The molecule has 0 saturated heterocycles. The number of methoxy groups -OCH3 is 1. The average molecular weight is 233 g/mol. The van der Waals surface area contributed by atoms with Crippen LogP contribution in [0.3, 0.4) is 0 Å². The van der Waals surface area contributed by atoms with Gasteiger partial charge in [0.2, 0.25) is 0 Å². The Morgan fingerprint density at radius 3 is 2.76 bits per heavy atom. The Bertz CT molecular complexity index is 559. The summed E-state index contributed by atoms with van der Waals surface area (Å²) in [5.41, 5.74) is 1.72. The number of hydrogen-bond acceptors (Lipinski definition) is 4. The molecule has 0 atom stereocenters. The summed E-state index contributed by atoms with van der Waals surface area (Å²) in [6.45, 7) is 1.86. The van der Waals surface area contributed by atoms with Crippen molar-refractivity contribution in [2.24, 2.45) is 0 Å². The molecule has 1 N–H and O–H groups in total. The molecule has 5 nitrogen and oxygen atoms in total. The smallest absolute Gasteiger partial charge is 0.335 e. The fourth-order valence-corrected chi connectivity index (χ4v) is 1.56. The van der Waals surface area contributed by atoms with Gasteiger partial charge in [0.1, 0.15) is 5.75 Å². The second-order valence-corrected chi connectivity index (χ2v) is 3.56. The second kappa shape index (κ2) is 4.29. The van der Waals surface area contributed by atoms with Crippen LogP contribution in [0.25, 0.3) is 11.3 Å². The third-order valence-electron chi connectivity index (χ3n) is 2.44. The van der Waals surface area contributed by atoms with Crippen molar-refractivity contribution in [2.45, 2.75) is 6.92 Å². The molecular formula is C12H11NO4. The van der Waals surface area contributed by atoms with Crippen LogP contribution in [0, 0.1) is 6.92 Å². The van der Waals surface area contributed by atoms with E-state index >= 15 is 0 Å². The zero-order valence-electron chi connectivity index (χ0n) is 9.43. The molecule has 0 aliphatic rings. The Hall–Kier alpha value is -2.30. The van der Waals surface area contributed by atoms with Crippen LogP contribution in [0.2, 0.25) is 0 Å². The number of nitrogens with zero attached hydrogens (tertiary/aromatic N) is 1. The van der Waals surface area contributed by atoms with Gasteiger partial charge in [-0.2, -0.15) is 0 Å². The highest BCUT2D eigenvalue weighted by Gasteiger charge is 2.15. The van der Waals surface area contributed by atoms with E-state index in [0.717, 1.165) is 5.56 Å². The third kappa shape index (κ3) is 1.99. The molecule has 0 unspecified atom stereocenters. The quantitative estimate of drug-likeness (QED) is 0.880. The van der Waals surface area contributed by atoms with Gasteiger partial charge >= 0.3 is 5.97 Å². The van der Waals surface area contributed by atoms with Crippen LogP contribution < -0.4 is 4.74 Å². The first kappa shape index (κ1) is 11.2. The van der Waals surface area contributed by atoms with Crippen molar-refractivity contribution in [3.63, 3.8) is 0 Å². The summed E-state index contributed by atoms with van der Waals surface area (Å²) in [4.78, 5) is 10.8. The molecule has 88 valence electrons. The molecule has 0 fully saturated rings. The average Bonchev–Trinajstić information content (AvgIpc) is 2.74. The highest BCUT2D eigenvalue weighted by molar-refractivity contribution is 5.89. The van der Waals surface area contributed by atoms with Gasteiger partial charge in [-0.1, -0.05) is 5.16 Å². The number of rotatable bonds is 3. The Morgan fingerprint density at radius 1 is 1.47 bits per heavy atom. The van der Waals surface area contributed by atoms with Gasteiger partial charge in [0, 0.05) is 5.56 Å². The highest BCUT2D eigenvalue weighted by atomic mass is 16.5. The topological polar surface area (TPSA) is 72.6 Å². The van der Waals surface area contributed by atoms with Gasteiger partial charge in [0.15, 0.2) is 5.76 Å². The Labute approximate surface area is 97.6 Å². The summed E-state index contributed by atoms with van der Waals surface area (Å²) in [6.07, 6.45) is 1.60. The SMILES string of the molecule is COc1cc(C(=O)O)ccc1-c1oncc1C. The van der Waals surface area contributed by atoms with Crippen LogP contribution >= 0.6 is 0 Å². The summed E-state index contributed by atoms with van der Waals surface area (Å²) in [5, 5.41) is 12.6. The van der Waals surface area contributed by atoms with Gasteiger partial charge in [0.25, 0.3) is 0 Å². The normalized spacial score (nSPS) is 10.2. The molecule has 0 bridgehead atoms. The summed E-state index contributed by atoms with van der Waals surface area (Å²) in [5.74, 6) is 0.0349. The van der Waals surface area contributed by atoms with Crippen LogP contribution in [0.4, 0.5) is 0 Å². The number of ether oxygens (including phenoxy) is 1. The second-order valence-electron chi connectivity index (χ2n) is 3.56. The van der Waals surface area contributed by atoms with Crippen molar-refractivity contribution in [2.75, 3.05) is 7.11 Å². The molecule has 1 heterocycles. The van der Waals surface area contributed by atoms with E-state index in [1.54, 1.807) is 12.3 Å². The zero-order chi connectivity index (χ0) is 12.4. The molecule has 2 rings (SSSR count). The molecule has 2 aromatic rings. The molecule has 5 heteroatoms. The van der Waals surface area contributed by atoms with E-state index in [2.05, 4.69) is 5.16 Å². The minimum absolute atomic E-state index is 0.169. The van der Waals surface area contributed by atoms with E-state index in [-0.39, 0.29) is 5.56 Å². The molecule has 17 heavy (non-hydrogen) atoms. The largest absolute Gasteiger partial charge is 0.496 e. The van der Waals surface area contributed by atoms with Crippen molar-refractivity contribution in [3.8, 4) is 17.1 Å². The lowest BCUT2D eigenvalue weighted by Gasteiger charge is -2.07. The maximum absolute atomic E-state index is 10.8. The maximum Gasteiger partial charge on any atom is 0.335 e. The van der Waals surface area contributed by atoms with Gasteiger partial charge in [-0.25, -0.2) is 4.79 Å². The number of carboxylic acid groups (broad SMARTS) is 1. The number of aryl methyl sites for hydroxylation is 1. The number of aromatic nitrogens is 1. The van der Waals surface area contributed by atoms with E-state index in [9.17, 15) is 4.79 Å². The lowest BCUT2D eigenvalue weighted by Crippen LogP contribution is -1.98. The minimum Gasteiger partial charge on any atom is -0.496 e. The number of aromatic carboxylic acids is 1. The van der Waals surface area contributed by atoms with Gasteiger partial charge in [-0.05, 0) is 25.1 Å². The van der Waals surface area contributed by atoms with E-state index in [1.807, 2.05) is 6.92 Å². The van der Waals surface area contributed by atoms with Gasteiger partial charge in [-0.15, -0.1) is 0 Å². The van der Waals surface area contributed by atoms with Crippen LogP contribution in [0.1, 0.15) is 15.9 Å². The number of hydrogen-bond donors (Lipinski definition) is 1. The molecule has 1 aromatic carbocycles. The van der Waals surface area contributed by atoms with E-state index < -0.39 is 5.97 Å². The number of carboxylic acids is 1. The van der Waals surface area contributed by atoms with Gasteiger partial charge < -0.3 is 14.4 Å². The van der Waals surface area contributed by atoms with E-state index in [1.165, 1.54) is 19.2 Å². The summed E-state index contributed by atoms with van der Waals surface area (Å²) < 4.78 is 10.3. The minimum atomic E-state index is -0.996. The molecule has 1 aromatic heterocycles. The van der Waals surface area contributed by atoms with Crippen molar-refractivity contribution in [1.29, 1.82) is 0 Å². The summed E-state index contributed by atoms with van der Waals surface area (Å²) >= 11 is 0. The Morgan fingerprint density at radius 2 is 2.24 bits per heavy atom. The molecular weight excluding hydrogens is 222 g/mol. The molecule has 0 radical (unpaired) electrons. The molecule has 0 aliphatic carbocycles. The molecule has 0 aliphatic heterocycles. The van der Waals surface area contributed by atoms with Crippen molar-refractivity contribution in [1.82, 2.24) is 5.16 Å². The lowest BCUT2D eigenvalue weighted by molar-refractivity contribution is 0.0696.